The van der Waals surface area contributed by atoms with E-state index >= 15 is 0 Å². The van der Waals surface area contributed by atoms with Gasteiger partial charge in [-0.2, -0.15) is 0 Å². The number of furan rings is 1. The minimum atomic E-state index is -1.18. The molecular weight excluding hydrogens is 316 g/mol. The SMILES string of the molecule is CCOC(=O)CCC(Cc1ccc(C(=O)O)o1)C(=O)OC(C)(C)C. The highest BCUT2D eigenvalue weighted by Gasteiger charge is 2.27. The van der Waals surface area contributed by atoms with Crippen LogP contribution in [0.15, 0.2) is 16.5 Å². The Hall–Kier alpha value is -2.31. The molecule has 1 heterocycles. The summed E-state index contributed by atoms with van der Waals surface area (Å²) in [4.78, 5) is 34.7. The number of carbonyl (C=O) groups is 3. The largest absolute Gasteiger partial charge is 0.475 e. The Balaban J connectivity index is 2.80. The van der Waals surface area contributed by atoms with E-state index in [4.69, 9.17) is 19.0 Å². The summed E-state index contributed by atoms with van der Waals surface area (Å²) in [5.41, 5.74) is -0.658. The number of esters is 2. The summed E-state index contributed by atoms with van der Waals surface area (Å²) in [6, 6.07) is 2.83. The van der Waals surface area contributed by atoms with E-state index in [0.29, 0.717) is 5.76 Å². The van der Waals surface area contributed by atoms with Crippen LogP contribution in [0.3, 0.4) is 0 Å². The molecule has 0 fully saturated rings. The number of carboxylic acids is 1. The molecule has 1 N–H and O–H groups in total. The number of hydrogen-bond donors (Lipinski definition) is 1. The summed E-state index contributed by atoms with van der Waals surface area (Å²) in [6.45, 7) is 7.24. The van der Waals surface area contributed by atoms with Crippen LogP contribution in [-0.4, -0.2) is 35.2 Å². The summed E-state index contributed by atoms with van der Waals surface area (Å²) in [7, 11) is 0. The summed E-state index contributed by atoms with van der Waals surface area (Å²) in [6.07, 6.45) is 0.461. The van der Waals surface area contributed by atoms with Gasteiger partial charge in [0.25, 0.3) is 0 Å². The van der Waals surface area contributed by atoms with Crippen molar-refractivity contribution in [3.63, 3.8) is 0 Å². The Morgan fingerprint density at radius 2 is 1.92 bits per heavy atom. The zero-order chi connectivity index (χ0) is 18.3. The molecule has 0 saturated heterocycles. The van der Waals surface area contributed by atoms with Crippen LogP contribution in [0.1, 0.15) is 56.9 Å². The molecule has 0 spiro atoms. The standard InChI is InChI=1S/C17H24O7/c1-5-22-14(18)9-6-11(16(21)24-17(2,3)4)10-12-7-8-13(23-12)15(19)20/h7-8,11H,5-6,9-10H2,1-4H3,(H,19,20). The molecule has 1 atom stereocenters. The van der Waals surface area contributed by atoms with Gasteiger partial charge in [-0.1, -0.05) is 0 Å². The van der Waals surface area contributed by atoms with Crippen molar-refractivity contribution < 1.29 is 33.4 Å². The molecule has 24 heavy (non-hydrogen) atoms. The van der Waals surface area contributed by atoms with Crippen LogP contribution in [0.4, 0.5) is 0 Å². The first-order valence-corrected chi connectivity index (χ1v) is 7.83. The van der Waals surface area contributed by atoms with Gasteiger partial charge < -0.3 is 19.0 Å². The van der Waals surface area contributed by atoms with Crippen LogP contribution >= 0.6 is 0 Å². The lowest BCUT2D eigenvalue weighted by molar-refractivity contribution is -0.160. The molecule has 0 aliphatic heterocycles. The molecule has 1 rings (SSSR count). The number of carbonyl (C=O) groups excluding carboxylic acids is 2. The maximum atomic E-state index is 12.3. The lowest BCUT2D eigenvalue weighted by atomic mass is 9.97. The Morgan fingerprint density at radius 1 is 1.25 bits per heavy atom. The maximum absolute atomic E-state index is 12.3. The van der Waals surface area contributed by atoms with E-state index in [1.54, 1.807) is 27.7 Å². The Morgan fingerprint density at radius 3 is 2.42 bits per heavy atom. The molecule has 0 aliphatic carbocycles. The van der Waals surface area contributed by atoms with Crippen LogP contribution in [0.25, 0.3) is 0 Å². The third-order valence-electron chi connectivity index (χ3n) is 3.06. The van der Waals surface area contributed by atoms with Crippen molar-refractivity contribution in [2.75, 3.05) is 6.61 Å². The van der Waals surface area contributed by atoms with Crippen LogP contribution in [0, 0.1) is 5.92 Å². The summed E-state index contributed by atoms with van der Waals surface area (Å²) in [5, 5.41) is 8.88. The van der Waals surface area contributed by atoms with E-state index in [2.05, 4.69) is 0 Å². The van der Waals surface area contributed by atoms with Crippen LogP contribution < -0.4 is 0 Å². The number of hydrogen-bond acceptors (Lipinski definition) is 6. The average molecular weight is 340 g/mol. The smallest absolute Gasteiger partial charge is 0.371 e. The number of ether oxygens (including phenoxy) is 2. The fourth-order valence-corrected chi connectivity index (χ4v) is 2.06. The van der Waals surface area contributed by atoms with Crippen LogP contribution in [-0.2, 0) is 25.5 Å². The lowest BCUT2D eigenvalue weighted by Gasteiger charge is -2.23. The molecule has 134 valence electrons. The van der Waals surface area contributed by atoms with Crippen molar-refractivity contribution in [2.45, 2.75) is 52.6 Å². The summed E-state index contributed by atoms with van der Waals surface area (Å²) < 4.78 is 15.4. The average Bonchev–Trinajstić information content (AvgIpc) is 2.90. The highest BCUT2D eigenvalue weighted by Crippen LogP contribution is 2.21. The number of carboxylic acid groups (broad SMARTS) is 1. The van der Waals surface area contributed by atoms with Gasteiger partial charge >= 0.3 is 17.9 Å². The van der Waals surface area contributed by atoms with Gasteiger partial charge in [-0.15, -0.1) is 0 Å². The molecule has 1 unspecified atom stereocenters. The second-order valence-electron chi connectivity index (χ2n) is 6.35. The second-order valence-corrected chi connectivity index (χ2v) is 6.35. The van der Waals surface area contributed by atoms with Gasteiger partial charge in [0.2, 0.25) is 5.76 Å². The molecule has 0 bridgehead atoms. The summed E-state index contributed by atoms with van der Waals surface area (Å²) >= 11 is 0. The highest BCUT2D eigenvalue weighted by molar-refractivity contribution is 5.84. The van der Waals surface area contributed by atoms with Crippen molar-refractivity contribution in [1.82, 2.24) is 0 Å². The first-order chi connectivity index (χ1) is 11.1. The van der Waals surface area contributed by atoms with Gasteiger partial charge in [0.1, 0.15) is 11.4 Å². The second kappa shape index (κ2) is 8.52. The first-order valence-electron chi connectivity index (χ1n) is 7.83. The van der Waals surface area contributed by atoms with Gasteiger partial charge in [-0.05, 0) is 46.2 Å². The van der Waals surface area contributed by atoms with E-state index in [9.17, 15) is 14.4 Å². The van der Waals surface area contributed by atoms with Crippen molar-refractivity contribution in [3.8, 4) is 0 Å². The predicted octanol–water partition coefficient (Wildman–Crippen LogP) is 2.82. The zero-order valence-corrected chi connectivity index (χ0v) is 14.5. The summed E-state index contributed by atoms with van der Waals surface area (Å²) in [5.74, 6) is -2.50. The van der Waals surface area contributed by atoms with Crippen molar-refractivity contribution in [2.24, 2.45) is 5.92 Å². The van der Waals surface area contributed by atoms with Crippen molar-refractivity contribution >= 4 is 17.9 Å². The van der Waals surface area contributed by atoms with Gasteiger partial charge in [0, 0.05) is 12.8 Å². The Bertz CT molecular complexity index is 580. The topological polar surface area (TPSA) is 103 Å². The van der Waals surface area contributed by atoms with Gasteiger partial charge in [-0.3, -0.25) is 9.59 Å². The minimum absolute atomic E-state index is 0.0737. The van der Waals surface area contributed by atoms with E-state index in [1.807, 2.05) is 0 Å². The molecule has 0 saturated carbocycles. The molecule has 1 aromatic rings. The monoisotopic (exact) mass is 340 g/mol. The minimum Gasteiger partial charge on any atom is -0.475 e. The number of aromatic carboxylic acids is 1. The Kier molecular flexibility index (Phi) is 7.00. The quantitative estimate of drug-likeness (QED) is 0.726. The fraction of sp³-hybridized carbons (Fsp3) is 0.588. The van der Waals surface area contributed by atoms with Gasteiger partial charge in [-0.25, -0.2) is 4.79 Å². The first kappa shape index (κ1) is 19.7. The zero-order valence-electron chi connectivity index (χ0n) is 14.5. The van der Waals surface area contributed by atoms with E-state index in [-0.39, 0.29) is 31.6 Å². The molecule has 0 aromatic carbocycles. The maximum Gasteiger partial charge on any atom is 0.371 e. The molecule has 0 aliphatic rings. The fourth-order valence-electron chi connectivity index (χ4n) is 2.06. The molecular formula is C17H24O7. The van der Waals surface area contributed by atoms with E-state index < -0.39 is 29.4 Å². The van der Waals surface area contributed by atoms with Gasteiger partial charge in [0.05, 0.1) is 12.5 Å². The molecule has 7 nitrogen and oxygen atoms in total. The highest BCUT2D eigenvalue weighted by atomic mass is 16.6. The normalized spacial score (nSPS) is 12.5. The van der Waals surface area contributed by atoms with E-state index in [0.717, 1.165) is 0 Å². The third kappa shape index (κ3) is 6.85. The van der Waals surface area contributed by atoms with Crippen LogP contribution in [0.2, 0.25) is 0 Å². The Labute approximate surface area is 140 Å². The molecule has 0 amide bonds. The molecule has 0 radical (unpaired) electrons. The number of rotatable bonds is 8. The van der Waals surface area contributed by atoms with Crippen molar-refractivity contribution in [1.29, 1.82) is 0 Å². The predicted molar refractivity (Wildman–Crippen MR) is 84.6 cm³/mol. The van der Waals surface area contributed by atoms with Gasteiger partial charge in [0.15, 0.2) is 0 Å². The van der Waals surface area contributed by atoms with Crippen molar-refractivity contribution in [3.05, 3.63) is 23.7 Å². The third-order valence-corrected chi connectivity index (χ3v) is 3.06. The molecule has 7 heteroatoms. The lowest BCUT2D eigenvalue weighted by Crippen LogP contribution is -2.30. The molecule has 1 aromatic heterocycles. The van der Waals surface area contributed by atoms with Crippen LogP contribution in [0.5, 0.6) is 0 Å². The van der Waals surface area contributed by atoms with E-state index in [1.165, 1.54) is 12.1 Å².